The van der Waals surface area contributed by atoms with Gasteiger partial charge in [0.05, 0.1) is 11.1 Å². The van der Waals surface area contributed by atoms with E-state index in [0.29, 0.717) is 30.1 Å². The first-order valence-electron chi connectivity index (χ1n) is 8.11. The normalized spacial score (nSPS) is 19.4. The van der Waals surface area contributed by atoms with Crippen molar-refractivity contribution in [2.24, 2.45) is 11.7 Å². The van der Waals surface area contributed by atoms with E-state index < -0.39 is 0 Å². The van der Waals surface area contributed by atoms with E-state index in [-0.39, 0.29) is 17.9 Å². The van der Waals surface area contributed by atoms with Gasteiger partial charge < -0.3 is 16.4 Å². The number of rotatable bonds is 4. The average Bonchev–Trinajstić information content (AvgIpc) is 2.94. The summed E-state index contributed by atoms with van der Waals surface area (Å²) >= 11 is 0. The van der Waals surface area contributed by atoms with E-state index >= 15 is 0 Å². The Morgan fingerprint density at radius 2 is 2.09 bits per heavy atom. The van der Waals surface area contributed by atoms with Crippen molar-refractivity contribution in [2.75, 3.05) is 6.54 Å². The van der Waals surface area contributed by atoms with E-state index in [9.17, 15) is 9.59 Å². The summed E-state index contributed by atoms with van der Waals surface area (Å²) in [6.07, 6.45) is 5.93. The van der Waals surface area contributed by atoms with Gasteiger partial charge in [0.2, 0.25) is 0 Å². The number of nitrogens with one attached hydrogen (secondary N) is 2. The largest absolute Gasteiger partial charge is 0.348 e. The maximum absolute atomic E-state index is 12.6. The van der Waals surface area contributed by atoms with E-state index in [4.69, 9.17) is 5.73 Å². The first kappa shape index (κ1) is 15.0. The van der Waals surface area contributed by atoms with Gasteiger partial charge in [-0.15, -0.1) is 0 Å². The Kier molecular flexibility index (Phi) is 4.43. The fraction of sp³-hybridized carbons (Fsp3) is 0.529. The standard InChI is InChI=1S/C17H23N3O2/c18-9-14(11-5-2-1-3-6-11)20-16(21)13-8-4-7-12-10-19-17(22)15(12)13/h4,7-8,11,14H,1-3,5-6,9-10,18H2,(H,19,22)(H,20,21). The second-order valence-electron chi connectivity index (χ2n) is 6.24. The van der Waals surface area contributed by atoms with Gasteiger partial charge in [0.25, 0.3) is 11.8 Å². The molecule has 2 amide bonds. The van der Waals surface area contributed by atoms with Crippen molar-refractivity contribution in [1.82, 2.24) is 10.6 Å². The Balaban J connectivity index is 1.77. The first-order chi connectivity index (χ1) is 10.7. The molecule has 2 aliphatic rings. The third-order valence-electron chi connectivity index (χ3n) is 4.85. The monoisotopic (exact) mass is 301 g/mol. The molecule has 1 aliphatic carbocycles. The third-order valence-corrected chi connectivity index (χ3v) is 4.85. The van der Waals surface area contributed by atoms with Gasteiger partial charge in [0.15, 0.2) is 0 Å². The van der Waals surface area contributed by atoms with Crippen LogP contribution in [-0.2, 0) is 6.54 Å². The van der Waals surface area contributed by atoms with Gasteiger partial charge >= 0.3 is 0 Å². The maximum atomic E-state index is 12.6. The number of benzene rings is 1. The molecule has 118 valence electrons. The molecule has 4 N–H and O–H groups in total. The van der Waals surface area contributed by atoms with Crippen LogP contribution in [0.3, 0.4) is 0 Å². The van der Waals surface area contributed by atoms with Crippen LogP contribution in [0, 0.1) is 5.92 Å². The number of hydrogen-bond donors (Lipinski definition) is 3. The smallest absolute Gasteiger partial charge is 0.252 e. The average molecular weight is 301 g/mol. The lowest BCUT2D eigenvalue weighted by molar-refractivity contribution is 0.0899. The van der Waals surface area contributed by atoms with Crippen LogP contribution in [0.5, 0.6) is 0 Å². The number of fused-ring (bicyclic) bond motifs is 1. The van der Waals surface area contributed by atoms with Crippen LogP contribution in [-0.4, -0.2) is 24.4 Å². The van der Waals surface area contributed by atoms with Gasteiger partial charge in [-0.05, 0) is 30.4 Å². The molecule has 1 aromatic carbocycles. The number of carbonyl (C=O) groups is 2. The SMILES string of the molecule is NCC(NC(=O)c1cccc2c1C(=O)NC2)C1CCCCC1. The molecule has 1 unspecified atom stereocenters. The topological polar surface area (TPSA) is 84.2 Å². The number of nitrogens with two attached hydrogens (primary N) is 1. The Hall–Kier alpha value is -1.88. The molecular weight excluding hydrogens is 278 g/mol. The minimum atomic E-state index is -0.185. The highest BCUT2D eigenvalue weighted by atomic mass is 16.2. The predicted molar refractivity (Wildman–Crippen MR) is 84.5 cm³/mol. The van der Waals surface area contributed by atoms with Crippen molar-refractivity contribution < 1.29 is 9.59 Å². The fourth-order valence-electron chi connectivity index (χ4n) is 3.62. The lowest BCUT2D eigenvalue weighted by Gasteiger charge is -2.30. The summed E-state index contributed by atoms with van der Waals surface area (Å²) < 4.78 is 0. The summed E-state index contributed by atoms with van der Waals surface area (Å²) in [6.45, 7) is 0.940. The second-order valence-corrected chi connectivity index (χ2v) is 6.24. The molecule has 1 aliphatic heterocycles. The molecular formula is C17H23N3O2. The third kappa shape index (κ3) is 2.86. The first-order valence-corrected chi connectivity index (χ1v) is 8.11. The molecule has 5 nitrogen and oxygen atoms in total. The van der Waals surface area contributed by atoms with Crippen LogP contribution in [0.25, 0.3) is 0 Å². The highest BCUT2D eigenvalue weighted by Crippen LogP contribution is 2.27. The number of amides is 2. The molecule has 1 saturated carbocycles. The summed E-state index contributed by atoms with van der Waals surface area (Å²) in [5.74, 6) is 0.103. The van der Waals surface area contributed by atoms with Crippen molar-refractivity contribution in [2.45, 2.75) is 44.7 Å². The summed E-state index contributed by atoms with van der Waals surface area (Å²) in [5.41, 5.74) is 7.74. The molecule has 0 spiro atoms. The summed E-state index contributed by atoms with van der Waals surface area (Å²) in [6, 6.07) is 5.42. The maximum Gasteiger partial charge on any atom is 0.252 e. The molecule has 1 heterocycles. The van der Waals surface area contributed by atoms with Crippen LogP contribution in [0.15, 0.2) is 18.2 Å². The Labute approximate surface area is 130 Å². The van der Waals surface area contributed by atoms with Crippen LogP contribution in [0.4, 0.5) is 0 Å². The quantitative estimate of drug-likeness (QED) is 0.789. The van der Waals surface area contributed by atoms with Crippen LogP contribution in [0.1, 0.15) is 58.4 Å². The summed E-state index contributed by atoms with van der Waals surface area (Å²) in [7, 11) is 0. The molecule has 0 aromatic heterocycles. The molecule has 0 radical (unpaired) electrons. The highest BCUT2D eigenvalue weighted by Gasteiger charge is 2.28. The van der Waals surface area contributed by atoms with Crippen molar-refractivity contribution in [3.05, 3.63) is 34.9 Å². The van der Waals surface area contributed by atoms with Crippen molar-refractivity contribution in [3.8, 4) is 0 Å². The molecule has 5 heteroatoms. The number of carbonyl (C=O) groups excluding carboxylic acids is 2. The van der Waals surface area contributed by atoms with Gasteiger partial charge in [-0.2, -0.15) is 0 Å². The molecule has 0 saturated heterocycles. The van der Waals surface area contributed by atoms with E-state index in [0.717, 1.165) is 18.4 Å². The van der Waals surface area contributed by atoms with Crippen molar-refractivity contribution in [3.63, 3.8) is 0 Å². The Morgan fingerprint density at radius 3 is 2.82 bits per heavy atom. The minimum Gasteiger partial charge on any atom is -0.348 e. The minimum absolute atomic E-state index is 0.00637. The van der Waals surface area contributed by atoms with Gasteiger partial charge in [0, 0.05) is 19.1 Å². The lowest BCUT2D eigenvalue weighted by Crippen LogP contribution is -2.46. The fourth-order valence-corrected chi connectivity index (χ4v) is 3.62. The molecule has 3 rings (SSSR count). The van der Waals surface area contributed by atoms with Gasteiger partial charge in [-0.3, -0.25) is 9.59 Å². The molecule has 1 fully saturated rings. The van der Waals surface area contributed by atoms with E-state index in [2.05, 4.69) is 10.6 Å². The lowest BCUT2D eigenvalue weighted by atomic mass is 9.83. The Bertz CT molecular complexity index is 579. The van der Waals surface area contributed by atoms with E-state index in [1.807, 2.05) is 12.1 Å². The van der Waals surface area contributed by atoms with Crippen LogP contribution >= 0.6 is 0 Å². The number of hydrogen-bond acceptors (Lipinski definition) is 3. The summed E-state index contributed by atoms with van der Waals surface area (Å²) in [4.78, 5) is 24.5. The molecule has 22 heavy (non-hydrogen) atoms. The molecule has 1 aromatic rings. The zero-order valence-electron chi connectivity index (χ0n) is 12.7. The van der Waals surface area contributed by atoms with Crippen LogP contribution < -0.4 is 16.4 Å². The van der Waals surface area contributed by atoms with Crippen LogP contribution in [0.2, 0.25) is 0 Å². The molecule has 1 atom stereocenters. The van der Waals surface area contributed by atoms with Crippen molar-refractivity contribution in [1.29, 1.82) is 0 Å². The Morgan fingerprint density at radius 1 is 1.32 bits per heavy atom. The summed E-state index contributed by atoms with van der Waals surface area (Å²) in [5, 5.41) is 5.83. The van der Waals surface area contributed by atoms with Gasteiger partial charge in [0.1, 0.15) is 0 Å². The van der Waals surface area contributed by atoms with Crippen molar-refractivity contribution >= 4 is 11.8 Å². The molecule has 0 bridgehead atoms. The van der Waals surface area contributed by atoms with E-state index in [1.165, 1.54) is 19.3 Å². The van der Waals surface area contributed by atoms with E-state index in [1.54, 1.807) is 6.07 Å². The zero-order valence-corrected chi connectivity index (χ0v) is 12.7. The second kappa shape index (κ2) is 6.48. The zero-order chi connectivity index (χ0) is 15.5. The van der Waals surface area contributed by atoms with Gasteiger partial charge in [-0.1, -0.05) is 31.4 Å². The van der Waals surface area contributed by atoms with Gasteiger partial charge in [-0.25, -0.2) is 0 Å². The highest BCUT2D eigenvalue weighted by molar-refractivity contribution is 6.09. The predicted octanol–water partition coefficient (Wildman–Crippen LogP) is 1.57.